The summed E-state index contributed by atoms with van der Waals surface area (Å²) in [5.74, 6) is -8.83. The minimum absolute atomic E-state index is 0.0175. The first-order chi connectivity index (χ1) is 22.6. The molecule has 0 fully saturated rings. The first kappa shape index (κ1) is 29.3. The van der Waals surface area contributed by atoms with Gasteiger partial charge in [-0.15, -0.1) is 11.3 Å². The van der Waals surface area contributed by atoms with Gasteiger partial charge in [0.15, 0.2) is 34.9 Å². The topological polar surface area (TPSA) is 95.2 Å². The van der Waals surface area contributed by atoms with E-state index in [-0.39, 0.29) is 44.5 Å². The quantitative estimate of drug-likeness (QED) is 0.106. The van der Waals surface area contributed by atoms with Gasteiger partial charge in [0.05, 0.1) is 0 Å². The van der Waals surface area contributed by atoms with Gasteiger partial charge in [-0.2, -0.15) is 21.0 Å². The molecule has 2 aliphatic rings. The van der Waals surface area contributed by atoms with Gasteiger partial charge in [0.25, 0.3) is 0 Å². The molecular weight excluding hydrogens is 634 g/mol. The molecule has 11 heteroatoms. The van der Waals surface area contributed by atoms with E-state index in [1.54, 1.807) is 24.3 Å². The van der Waals surface area contributed by atoms with Gasteiger partial charge in [-0.3, -0.25) is 0 Å². The van der Waals surface area contributed by atoms with Crippen molar-refractivity contribution in [1.82, 2.24) is 0 Å². The van der Waals surface area contributed by atoms with Crippen LogP contribution < -0.4 is 0 Å². The van der Waals surface area contributed by atoms with E-state index in [0.29, 0.717) is 43.1 Å². The molecule has 47 heavy (non-hydrogen) atoms. The third-order valence-electron chi connectivity index (χ3n) is 8.06. The Kier molecular flexibility index (Phi) is 6.61. The van der Waals surface area contributed by atoms with Crippen molar-refractivity contribution < 1.29 is 26.3 Å². The smallest absolute Gasteiger partial charge is 0.194 e. The van der Waals surface area contributed by atoms with Crippen molar-refractivity contribution in [2.45, 2.75) is 0 Å². The van der Waals surface area contributed by atoms with Crippen LogP contribution in [0, 0.1) is 80.2 Å². The number of nitriles is 4. The molecule has 1 aromatic heterocycles. The maximum atomic E-state index is 14.1. The fourth-order valence-electron chi connectivity index (χ4n) is 6.05. The van der Waals surface area contributed by atoms with Gasteiger partial charge in [0.1, 0.15) is 35.4 Å². The predicted molar refractivity (Wildman–Crippen MR) is 160 cm³/mol. The highest BCUT2D eigenvalue weighted by Crippen LogP contribution is 2.61. The molecule has 0 bridgehead atoms. The molecule has 0 spiro atoms. The highest BCUT2D eigenvalue weighted by atomic mass is 32.1. The minimum atomic E-state index is -1.63. The summed E-state index contributed by atoms with van der Waals surface area (Å²) in [4.78, 5) is 0.948. The van der Waals surface area contributed by atoms with Gasteiger partial charge in [0.2, 0.25) is 0 Å². The number of thiophene rings is 1. The van der Waals surface area contributed by atoms with Crippen LogP contribution in [-0.2, 0) is 0 Å². The Labute approximate surface area is 265 Å². The third-order valence-corrected chi connectivity index (χ3v) is 9.29. The zero-order chi connectivity index (χ0) is 33.3. The Morgan fingerprint density at radius 1 is 0.447 bits per heavy atom. The van der Waals surface area contributed by atoms with Crippen molar-refractivity contribution in [2.24, 2.45) is 0 Å². The second kappa shape index (κ2) is 10.6. The van der Waals surface area contributed by atoms with E-state index in [4.69, 9.17) is 0 Å². The van der Waals surface area contributed by atoms with Crippen molar-refractivity contribution in [3.05, 3.63) is 128 Å². The molecule has 0 saturated heterocycles. The molecule has 4 aromatic carbocycles. The molecule has 5 aromatic rings. The van der Waals surface area contributed by atoms with E-state index in [1.807, 2.05) is 24.3 Å². The average Bonchev–Trinajstić information content (AvgIpc) is 3.69. The van der Waals surface area contributed by atoms with Crippen molar-refractivity contribution in [3.8, 4) is 68.8 Å². The summed E-state index contributed by atoms with van der Waals surface area (Å²) in [6.07, 6.45) is 0. The Bertz CT molecular complexity index is 2280. The molecule has 0 aliphatic heterocycles. The highest BCUT2D eigenvalue weighted by Gasteiger charge is 2.39. The maximum absolute atomic E-state index is 14.1. The first-order valence-electron chi connectivity index (χ1n) is 13.5. The standard InChI is InChI=1S/C36H10F6N4S/c37-25-7-17(8-26(38)33(25)41)15-1-3-21-23(5-15)29(19(11-43)12-44)35-31(21)32-22-4-2-16(18-9-27(39)34(42)28(40)10-18)6-24(22)30(36(32)47-35)20(13-45)14-46/h1-10H. The molecule has 1 heterocycles. The summed E-state index contributed by atoms with van der Waals surface area (Å²) in [5.41, 5.74) is 3.53. The Morgan fingerprint density at radius 3 is 1.11 bits per heavy atom. The van der Waals surface area contributed by atoms with Crippen LogP contribution in [-0.4, -0.2) is 0 Å². The van der Waals surface area contributed by atoms with E-state index in [1.165, 1.54) is 12.1 Å². The highest BCUT2D eigenvalue weighted by molar-refractivity contribution is 7.16. The van der Waals surface area contributed by atoms with Gasteiger partial charge in [-0.1, -0.05) is 24.3 Å². The lowest BCUT2D eigenvalue weighted by Gasteiger charge is -2.10. The van der Waals surface area contributed by atoms with Crippen LogP contribution in [0.1, 0.15) is 20.9 Å². The summed E-state index contributed by atoms with van der Waals surface area (Å²) in [5, 5.41) is 39.6. The molecular formula is C36H10F6N4S. The predicted octanol–water partition coefficient (Wildman–Crippen LogP) is 9.58. The summed E-state index contributed by atoms with van der Waals surface area (Å²) in [7, 11) is 0. The lowest BCUT2D eigenvalue weighted by atomic mass is 9.94. The van der Waals surface area contributed by atoms with Crippen molar-refractivity contribution in [1.29, 1.82) is 21.0 Å². The van der Waals surface area contributed by atoms with E-state index in [2.05, 4.69) is 0 Å². The van der Waals surface area contributed by atoms with Crippen LogP contribution in [0.4, 0.5) is 26.3 Å². The molecule has 0 amide bonds. The molecule has 0 radical (unpaired) electrons. The van der Waals surface area contributed by atoms with Crippen LogP contribution in [0.2, 0.25) is 0 Å². The van der Waals surface area contributed by atoms with Gasteiger partial charge in [-0.05, 0) is 80.9 Å². The average molecular weight is 645 g/mol. The summed E-state index contributed by atoms with van der Waals surface area (Å²) < 4.78 is 83.8. The van der Waals surface area contributed by atoms with Crippen LogP contribution in [0.5, 0.6) is 0 Å². The lowest BCUT2D eigenvalue weighted by molar-refractivity contribution is 0.447. The second-order valence-corrected chi connectivity index (χ2v) is 11.5. The molecule has 0 N–H and O–H groups in total. The van der Waals surface area contributed by atoms with Crippen molar-refractivity contribution >= 4 is 22.5 Å². The fourth-order valence-corrected chi connectivity index (χ4v) is 7.51. The summed E-state index contributed by atoms with van der Waals surface area (Å²) in [6.45, 7) is 0. The zero-order valence-electron chi connectivity index (χ0n) is 23.2. The fraction of sp³-hybridized carbons (Fsp3) is 0. The molecule has 7 rings (SSSR count). The van der Waals surface area contributed by atoms with Gasteiger partial charge in [-0.25, -0.2) is 26.3 Å². The van der Waals surface area contributed by atoms with E-state index >= 15 is 0 Å². The molecule has 222 valence electrons. The van der Waals surface area contributed by atoms with Crippen molar-refractivity contribution in [3.63, 3.8) is 0 Å². The molecule has 2 aliphatic carbocycles. The Balaban J connectivity index is 1.51. The van der Waals surface area contributed by atoms with Gasteiger partial charge in [0, 0.05) is 32.0 Å². The van der Waals surface area contributed by atoms with E-state index in [0.717, 1.165) is 35.6 Å². The number of hydrogen-bond donors (Lipinski definition) is 0. The number of hydrogen-bond acceptors (Lipinski definition) is 5. The number of benzene rings is 4. The molecule has 0 saturated carbocycles. The number of nitrogens with zero attached hydrogens (tertiary/aromatic N) is 4. The number of fused-ring (bicyclic) bond motifs is 7. The van der Waals surface area contributed by atoms with Crippen molar-refractivity contribution in [2.75, 3.05) is 0 Å². The summed E-state index contributed by atoms with van der Waals surface area (Å²) >= 11 is 1.12. The third kappa shape index (κ3) is 4.19. The molecule has 0 unspecified atom stereocenters. The van der Waals surface area contributed by atoms with Crippen LogP contribution in [0.25, 0.3) is 55.7 Å². The van der Waals surface area contributed by atoms with Crippen LogP contribution in [0.15, 0.2) is 71.8 Å². The minimum Gasteiger partial charge on any atom is -0.204 e. The number of rotatable bonds is 2. The van der Waals surface area contributed by atoms with E-state index < -0.39 is 34.9 Å². The van der Waals surface area contributed by atoms with Gasteiger partial charge >= 0.3 is 0 Å². The Morgan fingerprint density at radius 2 is 0.787 bits per heavy atom. The zero-order valence-corrected chi connectivity index (χ0v) is 24.1. The van der Waals surface area contributed by atoms with E-state index in [9.17, 15) is 47.4 Å². The molecule has 4 nitrogen and oxygen atoms in total. The number of halogens is 6. The van der Waals surface area contributed by atoms with Crippen LogP contribution >= 0.6 is 11.3 Å². The van der Waals surface area contributed by atoms with Gasteiger partial charge < -0.3 is 0 Å². The molecule has 0 atom stereocenters. The Hall–Kier alpha value is -6.40. The van der Waals surface area contributed by atoms with Crippen LogP contribution in [0.3, 0.4) is 0 Å². The maximum Gasteiger partial charge on any atom is 0.194 e. The monoisotopic (exact) mass is 644 g/mol. The largest absolute Gasteiger partial charge is 0.204 e. The normalized spacial score (nSPS) is 11.9. The second-order valence-electron chi connectivity index (χ2n) is 10.5. The lowest BCUT2D eigenvalue weighted by Crippen LogP contribution is -1.93. The SMILES string of the molecule is N#CC(C#N)=C1c2cc(-c3cc(F)c(F)c(F)c3)ccc2-c2c1sc1c2-c2ccc(-c3cc(F)c(F)c(F)c3)cc2C1=C(C#N)C#N. The summed E-state index contributed by atoms with van der Waals surface area (Å²) in [6, 6.07) is 20.3. The number of allylic oxidation sites excluding steroid dienone is 2. The first-order valence-corrected chi connectivity index (χ1v) is 14.3.